The minimum absolute atomic E-state index is 0.0697. The Morgan fingerprint density at radius 3 is 2.93 bits per heavy atom. The predicted molar refractivity (Wildman–Crippen MR) is 61.8 cm³/mol. The third-order valence-corrected chi connectivity index (χ3v) is 3.53. The van der Waals surface area contributed by atoms with Crippen molar-refractivity contribution in [2.24, 2.45) is 11.7 Å². The van der Waals surface area contributed by atoms with Crippen LogP contribution in [0.5, 0.6) is 0 Å². The molecule has 0 amide bonds. The van der Waals surface area contributed by atoms with Crippen LogP contribution in [-0.2, 0) is 6.54 Å². The maximum atomic E-state index is 6.23. The molecule has 1 saturated carbocycles. The van der Waals surface area contributed by atoms with Gasteiger partial charge in [0.05, 0.1) is 23.0 Å². The van der Waals surface area contributed by atoms with Crippen molar-refractivity contribution < 1.29 is 0 Å². The quantitative estimate of drug-likeness (QED) is 0.860. The summed E-state index contributed by atoms with van der Waals surface area (Å²) in [4.78, 5) is 0. The number of hydrogen-bond acceptors (Lipinski definition) is 2. The van der Waals surface area contributed by atoms with Gasteiger partial charge in [0.1, 0.15) is 0 Å². The van der Waals surface area contributed by atoms with Gasteiger partial charge in [0.25, 0.3) is 0 Å². The van der Waals surface area contributed by atoms with E-state index in [1.165, 1.54) is 19.3 Å². The maximum absolute atomic E-state index is 6.23. The highest BCUT2D eigenvalue weighted by molar-refractivity contribution is 6.31. The molecule has 1 aromatic heterocycles. The second kappa shape index (κ2) is 4.54. The monoisotopic (exact) mass is 227 g/mol. The molecular formula is C11H18ClN3. The smallest absolute Gasteiger partial charge is 0.0834 e. The van der Waals surface area contributed by atoms with Crippen molar-refractivity contribution in [3.8, 4) is 0 Å². The fourth-order valence-electron chi connectivity index (χ4n) is 2.12. The number of hydrogen-bond donors (Lipinski definition) is 1. The molecule has 2 N–H and O–H groups in total. The molecule has 1 aromatic rings. The summed E-state index contributed by atoms with van der Waals surface area (Å²) in [6.07, 6.45) is 6.54. The number of nitrogens with zero attached hydrogens (tertiary/aromatic N) is 2. The molecule has 1 aliphatic carbocycles. The van der Waals surface area contributed by atoms with E-state index in [9.17, 15) is 0 Å². The highest BCUT2D eigenvalue weighted by Crippen LogP contribution is 2.38. The summed E-state index contributed by atoms with van der Waals surface area (Å²) in [7, 11) is 0. The molecule has 0 aromatic carbocycles. The lowest BCUT2D eigenvalue weighted by Crippen LogP contribution is -2.29. The fraction of sp³-hybridized carbons (Fsp3) is 0.727. The molecule has 1 fully saturated rings. The Labute approximate surface area is 95.6 Å². The highest BCUT2D eigenvalue weighted by atomic mass is 35.5. The van der Waals surface area contributed by atoms with Crippen LogP contribution in [0.4, 0.5) is 0 Å². The normalized spacial score (nSPS) is 18.9. The Balaban J connectivity index is 2.19. The number of nitrogens with two attached hydrogens (primary N) is 1. The lowest BCUT2D eigenvalue weighted by molar-refractivity contribution is 0.255. The van der Waals surface area contributed by atoms with E-state index in [-0.39, 0.29) is 6.04 Å². The number of aromatic nitrogens is 2. The summed E-state index contributed by atoms with van der Waals surface area (Å²) in [5.41, 5.74) is 7.26. The molecule has 0 bridgehead atoms. The van der Waals surface area contributed by atoms with Crippen LogP contribution in [-0.4, -0.2) is 9.78 Å². The zero-order valence-electron chi connectivity index (χ0n) is 9.12. The van der Waals surface area contributed by atoms with Gasteiger partial charge in [-0.2, -0.15) is 5.10 Å². The zero-order chi connectivity index (χ0) is 10.8. The van der Waals surface area contributed by atoms with E-state index in [0.717, 1.165) is 23.7 Å². The molecule has 1 unspecified atom stereocenters. The Kier molecular flexibility index (Phi) is 3.32. The molecule has 0 spiro atoms. The number of rotatable bonds is 4. The van der Waals surface area contributed by atoms with Gasteiger partial charge in [-0.3, -0.25) is 4.68 Å². The van der Waals surface area contributed by atoms with E-state index >= 15 is 0 Å². The van der Waals surface area contributed by atoms with Crippen molar-refractivity contribution in [2.75, 3.05) is 0 Å². The van der Waals surface area contributed by atoms with E-state index in [2.05, 4.69) is 12.0 Å². The van der Waals surface area contributed by atoms with Gasteiger partial charge in [0.2, 0.25) is 0 Å². The van der Waals surface area contributed by atoms with Crippen LogP contribution in [0.3, 0.4) is 0 Å². The minimum atomic E-state index is 0.0697. The summed E-state index contributed by atoms with van der Waals surface area (Å²) in [5.74, 6) is 0.606. The van der Waals surface area contributed by atoms with E-state index in [1.807, 2.05) is 4.68 Å². The first-order valence-electron chi connectivity index (χ1n) is 5.70. The van der Waals surface area contributed by atoms with E-state index in [1.54, 1.807) is 6.20 Å². The van der Waals surface area contributed by atoms with Crippen LogP contribution in [0.15, 0.2) is 6.20 Å². The summed E-state index contributed by atoms with van der Waals surface area (Å²) in [5, 5.41) is 5.00. The molecule has 0 aliphatic heterocycles. The van der Waals surface area contributed by atoms with Crippen molar-refractivity contribution >= 4 is 11.6 Å². The van der Waals surface area contributed by atoms with Crippen LogP contribution < -0.4 is 5.73 Å². The van der Waals surface area contributed by atoms with Crippen molar-refractivity contribution in [2.45, 2.75) is 45.2 Å². The minimum Gasteiger partial charge on any atom is -0.322 e. The molecule has 1 aliphatic rings. The van der Waals surface area contributed by atoms with Crippen LogP contribution in [0, 0.1) is 5.92 Å². The summed E-state index contributed by atoms with van der Waals surface area (Å²) >= 11 is 6.14. The topological polar surface area (TPSA) is 43.8 Å². The van der Waals surface area contributed by atoms with E-state index in [4.69, 9.17) is 17.3 Å². The Bertz CT molecular complexity index is 331. The van der Waals surface area contributed by atoms with Crippen LogP contribution in [0.25, 0.3) is 0 Å². The van der Waals surface area contributed by atoms with Crippen LogP contribution in [0.2, 0.25) is 5.02 Å². The fourth-order valence-corrected chi connectivity index (χ4v) is 2.38. The van der Waals surface area contributed by atoms with Gasteiger partial charge in [0.15, 0.2) is 0 Å². The van der Waals surface area contributed by atoms with Gasteiger partial charge in [0, 0.05) is 6.54 Å². The second-order valence-electron chi connectivity index (χ2n) is 4.32. The second-order valence-corrected chi connectivity index (χ2v) is 4.72. The SMILES string of the molecule is CCCn1ncc(Cl)c1C(N)C1CCC1. The lowest BCUT2D eigenvalue weighted by atomic mass is 9.79. The van der Waals surface area contributed by atoms with Gasteiger partial charge in [-0.25, -0.2) is 0 Å². The van der Waals surface area contributed by atoms with E-state index in [0.29, 0.717) is 5.92 Å². The Morgan fingerprint density at radius 2 is 2.40 bits per heavy atom. The Morgan fingerprint density at radius 1 is 1.67 bits per heavy atom. The number of aryl methyl sites for hydroxylation is 1. The summed E-state index contributed by atoms with van der Waals surface area (Å²) in [6, 6.07) is 0.0697. The van der Waals surface area contributed by atoms with Gasteiger partial charge >= 0.3 is 0 Å². The van der Waals surface area contributed by atoms with Gasteiger partial charge in [-0.05, 0) is 25.2 Å². The maximum Gasteiger partial charge on any atom is 0.0834 e. The molecular weight excluding hydrogens is 210 g/mol. The van der Waals surface area contributed by atoms with Crippen molar-refractivity contribution in [3.63, 3.8) is 0 Å². The molecule has 3 nitrogen and oxygen atoms in total. The predicted octanol–water partition coefficient (Wildman–Crippen LogP) is 2.75. The molecule has 15 heavy (non-hydrogen) atoms. The van der Waals surface area contributed by atoms with Crippen LogP contribution in [0.1, 0.15) is 44.3 Å². The van der Waals surface area contributed by atoms with Gasteiger partial charge in [-0.1, -0.05) is 24.9 Å². The first-order chi connectivity index (χ1) is 7.24. The van der Waals surface area contributed by atoms with Gasteiger partial charge < -0.3 is 5.73 Å². The first kappa shape index (κ1) is 11.0. The van der Waals surface area contributed by atoms with Crippen molar-refractivity contribution in [3.05, 3.63) is 16.9 Å². The summed E-state index contributed by atoms with van der Waals surface area (Å²) < 4.78 is 1.96. The average Bonchev–Trinajstić information content (AvgIpc) is 2.45. The molecule has 1 atom stereocenters. The third-order valence-electron chi connectivity index (χ3n) is 3.24. The highest BCUT2D eigenvalue weighted by Gasteiger charge is 2.29. The molecule has 4 heteroatoms. The lowest BCUT2D eigenvalue weighted by Gasteiger charge is -2.31. The standard InChI is InChI=1S/C11H18ClN3/c1-2-6-15-11(9(12)7-14-15)10(13)8-4-3-5-8/h7-8,10H,2-6,13H2,1H3. The molecule has 1 heterocycles. The molecule has 2 rings (SSSR count). The molecule has 0 radical (unpaired) electrons. The Hall–Kier alpha value is -0.540. The van der Waals surface area contributed by atoms with Gasteiger partial charge in [-0.15, -0.1) is 0 Å². The largest absolute Gasteiger partial charge is 0.322 e. The first-order valence-corrected chi connectivity index (χ1v) is 6.08. The van der Waals surface area contributed by atoms with Crippen molar-refractivity contribution in [1.29, 1.82) is 0 Å². The average molecular weight is 228 g/mol. The molecule has 84 valence electrons. The number of halogens is 1. The van der Waals surface area contributed by atoms with Crippen LogP contribution >= 0.6 is 11.6 Å². The molecule has 0 saturated heterocycles. The van der Waals surface area contributed by atoms with Crippen molar-refractivity contribution in [1.82, 2.24) is 9.78 Å². The summed E-state index contributed by atoms with van der Waals surface area (Å²) in [6.45, 7) is 3.04. The third kappa shape index (κ3) is 2.04. The van der Waals surface area contributed by atoms with E-state index < -0.39 is 0 Å². The zero-order valence-corrected chi connectivity index (χ0v) is 9.87.